The van der Waals surface area contributed by atoms with Crippen LogP contribution < -0.4 is 11.2 Å². The summed E-state index contributed by atoms with van der Waals surface area (Å²) in [5.74, 6) is 0.574. The Balaban J connectivity index is 2.29. The van der Waals surface area contributed by atoms with E-state index in [2.05, 4.69) is 0 Å². The van der Waals surface area contributed by atoms with E-state index >= 15 is 0 Å². The average molecular weight is 265 g/mol. The van der Waals surface area contributed by atoms with Crippen molar-refractivity contribution in [1.82, 2.24) is 0 Å². The number of fused-ring (bicyclic) bond motifs is 1. The van der Waals surface area contributed by atoms with E-state index in [1.54, 1.807) is 6.07 Å². The normalized spacial score (nSPS) is 12.5. The first-order valence-electron chi connectivity index (χ1n) is 6.54. The fourth-order valence-electron chi connectivity index (χ4n) is 2.36. The molecule has 3 rings (SSSR count). The highest BCUT2D eigenvalue weighted by molar-refractivity contribution is 5.82. The van der Waals surface area contributed by atoms with Crippen LogP contribution in [0.5, 0.6) is 0 Å². The lowest BCUT2D eigenvalue weighted by atomic mass is 10.0. The molecule has 0 saturated carbocycles. The minimum absolute atomic E-state index is 0.0574. The standard InChI is InChI=1S/C17H15NO2/c1-11(18)13-8-5-9-15-17(13)14(19)10-16(20-15)12-6-3-2-4-7-12/h2-11H,18H2,1H3. The Morgan fingerprint density at radius 3 is 2.50 bits per heavy atom. The van der Waals surface area contributed by atoms with Gasteiger partial charge in [0.25, 0.3) is 0 Å². The van der Waals surface area contributed by atoms with E-state index in [1.165, 1.54) is 6.07 Å². The van der Waals surface area contributed by atoms with Gasteiger partial charge in [0, 0.05) is 17.7 Å². The Morgan fingerprint density at radius 1 is 1.05 bits per heavy atom. The van der Waals surface area contributed by atoms with Crippen LogP contribution in [0, 0.1) is 0 Å². The van der Waals surface area contributed by atoms with Gasteiger partial charge < -0.3 is 10.2 Å². The number of hydrogen-bond donors (Lipinski definition) is 1. The molecule has 1 heterocycles. The van der Waals surface area contributed by atoms with Gasteiger partial charge in [-0.15, -0.1) is 0 Å². The van der Waals surface area contributed by atoms with Crippen LogP contribution in [0.25, 0.3) is 22.3 Å². The van der Waals surface area contributed by atoms with Crippen LogP contribution in [0.15, 0.2) is 63.8 Å². The van der Waals surface area contributed by atoms with Crippen molar-refractivity contribution >= 4 is 11.0 Å². The second kappa shape index (κ2) is 4.94. The predicted octanol–water partition coefficient (Wildman–Crippen LogP) is 3.48. The van der Waals surface area contributed by atoms with E-state index in [-0.39, 0.29) is 11.5 Å². The van der Waals surface area contributed by atoms with Crippen LogP contribution >= 0.6 is 0 Å². The van der Waals surface area contributed by atoms with Crippen molar-refractivity contribution in [3.8, 4) is 11.3 Å². The topological polar surface area (TPSA) is 56.2 Å². The molecule has 100 valence electrons. The molecule has 0 fully saturated rings. The molecule has 3 nitrogen and oxygen atoms in total. The molecule has 0 amide bonds. The molecule has 1 atom stereocenters. The molecule has 2 aromatic carbocycles. The van der Waals surface area contributed by atoms with E-state index in [0.29, 0.717) is 16.7 Å². The van der Waals surface area contributed by atoms with E-state index in [4.69, 9.17) is 10.2 Å². The number of rotatable bonds is 2. The third-order valence-corrected chi connectivity index (χ3v) is 3.34. The number of hydrogen-bond acceptors (Lipinski definition) is 3. The van der Waals surface area contributed by atoms with Gasteiger partial charge in [0.1, 0.15) is 11.3 Å². The van der Waals surface area contributed by atoms with Crippen molar-refractivity contribution in [2.45, 2.75) is 13.0 Å². The summed E-state index contributed by atoms with van der Waals surface area (Å²) in [5.41, 5.74) is 8.14. The van der Waals surface area contributed by atoms with Gasteiger partial charge in [-0.05, 0) is 18.6 Å². The second-order valence-electron chi connectivity index (χ2n) is 4.85. The molecular weight excluding hydrogens is 250 g/mol. The SMILES string of the molecule is CC(N)c1cccc2oc(-c3ccccc3)cc(=O)c12. The van der Waals surface area contributed by atoms with Crippen molar-refractivity contribution in [3.05, 3.63) is 70.4 Å². The maximum atomic E-state index is 12.4. The summed E-state index contributed by atoms with van der Waals surface area (Å²) < 4.78 is 5.86. The van der Waals surface area contributed by atoms with Gasteiger partial charge in [-0.3, -0.25) is 4.79 Å². The Labute approximate surface area is 116 Å². The van der Waals surface area contributed by atoms with Crippen LogP contribution in [-0.4, -0.2) is 0 Å². The highest BCUT2D eigenvalue weighted by atomic mass is 16.3. The van der Waals surface area contributed by atoms with Crippen LogP contribution in [0.4, 0.5) is 0 Å². The van der Waals surface area contributed by atoms with Gasteiger partial charge in [0.15, 0.2) is 5.43 Å². The molecule has 1 aromatic heterocycles. The molecule has 2 N–H and O–H groups in total. The summed E-state index contributed by atoms with van der Waals surface area (Å²) in [7, 11) is 0. The van der Waals surface area contributed by atoms with Crippen LogP contribution in [0.2, 0.25) is 0 Å². The molecule has 0 aliphatic rings. The number of nitrogens with two attached hydrogens (primary N) is 1. The van der Waals surface area contributed by atoms with Crippen molar-refractivity contribution in [2.24, 2.45) is 5.73 Å². The summed E-state index contributed by atoms with van der Waals surface area (Å²) in [4.78, 5) is 12.4. The fraction of sp³-hybridized carbons (Fsp3) is 0.118. The van der Waals surface area contributed by atoms with E-state index in [1.807, 2.05) is 49.4 Å². The van der Waals surface area contributed by atoms with E-state index < -0.39 is 0 Å². The van der Waals surface area contributed by atoms with E-state index in [0.717, 1.165) is 11.1 Å². The molecule has 0 aliphatic carbocycles. The zero-order valence-corrected chi connectivity index (χ0v) is 11.2. The summed E-state index contributed by atoms with van der Waals surface area (Å²) >= 11 is 0. The average Bonchev–Trinajstić information content (AvgIpc) is 2.47. The van der Waals surface area contributed by atoms with Gasteiger partial charge >= 0.3 is 0 Å². The van der Waals surface area contributed by atoms with E-state index in [9.17, 15) is 4.79 Å². The van der Waals surface area contributed by atoms with Gasteiger partial charge in [-0.2, -0.15) is 0 Å². The van der Waals surface area contributed by atoms with Crippen LogP contribution in [-0.2, 0) is 0 Å². The molecule has 20 heavy (non-hydrogen) atoms. The molecule has 0 bridgehead atoms. The molecular formula is C17H15NO2. The molecule has 0 aliphatic heterocycles. The Morgan fingerprint density at radius 2 is 1.80 bits per heavy atom. The Bertz CT molecular complexity index is 804. The minimum Gasteiger partial charge on any atom is -0.456 e. The second-order valence-corrected chi connectivity index (χ2v) is 4.85. The Hall–Kier alpha value is -2.39. The summed E-state index contributed by atoms with van der Waals surface area (Å²) in [6, 6.07) is 16.4. The zero-order valence-electron chi connectivity index (χ0n) is 11.2. The Kier molecular flexibility index (Phi) is 3.12. The lowest BCUT2D eigenvalue weighted by molar-refractivity contribution is 0.617. The van der Waals surface area contributed by atoms with Crippen molar-refractivity contribution in [3.63, 3.8) is 0 Å². The molecule has 3 heteroatoms. The lowest BCUT2D eigenvalue weighted by Gasteiger charge is -2.09. The third-order valence-electron chi connectivity index (χ3n) is 3.34. The maximum absolute atomic E-state index is 12.4. The minimum atomic E-state index is -0.204. The predicted molar refractivity (Wildman–Crippen MR) is 80.5 cm³/mol. The fourth-order valence-corrected chi connectivity index (χ4v) is 2.36. The van der Waals surface area contributed by atoms with Crippen molar-refractivity contribution in [2.75, 3.05) is 0 Å². The highest BCUT2D eigenvalue weighted by Gasteiger charge is 2.12. The van der Waals surface area contributed by atoms with Gasteiger partial charge in [-0.1, -0.05) is 42.5 Å². The molecule has 1 unspecified atom stereocenters. The third kappa shape index (κ3) is 2.12. The van der Waals surface area contributed by atoms with Gasteiger partial charge in [-0.25, -0.2) is 0 Å². The molecule has 0 radical (unpaired) electrons. The largest absolute Gasteiger partial charge is 0.456 e. The summed E-state index contributed by atoms with van der Waals surface area (Å²) in [5, 5.41) is 0.571. The first-order valence-corrected chi connectivity index (χ1v) is 6.54. The molecule has 3 aromatic rings. The summed E-state index contributed by atoms with van der Waals surface area (Å²) in [6.45, 7) is 1.86. The number of benzene rings is 2. The van der Waals surface area contributed by atoms with Crippen molar-refractivity contribution < 1.29 is 4.42 Å². The van der Waals surface area contributed by atoms with Gasteiger partial charge in [0.2, 0.25) is 0 Å². The van der Waals surface area contributed by atoms with Crippen LogP contribution in [0.1, 0.15) is 18.5 Å². The molecule has 0 saturated heterocycles. The van der Waals surface area contributed by atoms with Crippen LogP contribution in [0.3, 0.4) is 0 Å². The van der Waals surface area contributed by atoms with Gasteiger partial charge in [0.05, 0.1) is 5.39 Å². The summed E-state index contributed by atoms with van der Waals surface area (Å²) in [6.07, 6.45) is 0. The first kappa shape index (κ1) is 12.6. The zero-order chi connectivity index (χ0) is 14.1. The first-order chi connectivity index (χ1) is 9.66. The molecule has 0 spiro atoms. The smallest absolute Gasteiger partial charge is 0.193 e. The maximum Gasteiger partial charge on any atom is 0.193 e. The van der Waals surface area contributed by atoms with Crippen molar-refractivity contribution in [1.29, 1.82) is 0 Å². The highest BCUT2D eigenvalue weighted by Crippen LogP contribution is 2.25. The quantitative estimate of drug-likeness (QED) is 0.771. The monoisotopic (exact) mass is 265 g/mol. The lowest BCUT2D eigenvalue weighted by Crippen LogP contribution is -2.11.